The molecular weight excluding hydrogens is 462 g/mol. The fourth-order valence-electron chi connectivity index (χ4n) is 4.16. The summed E-state index contributed by atoms with van der Waals surface area (Å²) in [5.74, 6) is 0. The second kappa shape index (κ2) is 10.9. The Morgan fingerprint density at radius 2 is 0.594 bits per heavy atom. The highest BCUT2D eigenvalue weighted by Gasteiger charge is 2.24. The molecule has 0 saturated carbocycles. The van der Waals surface area contributed by atoms with Crippen molar-refractivity contribution in [3.63, 3.8) is 0 Å². The monoisotopic (exact) mass is 490 g/mol. The van der Waals surface area contributed by atoms with Crippen molar-refractivity contribution in [3.05, 3.63) is 121 Å². The molecule has 0 atom stereocenters. The van der Waals surface area contributed by atoms with Gasteiger partial charge in [-0.3, -0.25) is 0 Å². The lowest BCUT2D eigenvalue weighted by Crippen LogP contribution is -2.20. The molecule has 0 unspecified atom stereocenters. The lowest BCUT2D eigenvalue weighted by molar-refractivity contribution is 0.901. The molecule has 32 heavy (non-hydrogen) atoms. The van der Waals surface area contributed by atoms with Gasteiger partial charge in [0, 0.05) is 12.1 Å². The zero-order valence-corrected chi connectivity index (χ0v) is 21.5. The van der Waals surface area contributed by atoms with E-state index in [1.807, 2.05) is 0 Å². The lowest BCUT2D eigenvalue weighted by atomic mass is 10.4. The molecule has 0 aromatic heterocycles. The van der Waals surface area contributed by atoms with Crippen LogP contribution in [0, 0.1) is 0 Å². The number of rotatable bonds is 9. The normalized spacial score (nSPS) is 11.9. The standard InChI is InChI=1S/C28H28P2S2/c31-29(25-15-5-1-6-16-25,26-17-7-2-8-18-26)23-13-14-24-30(32,27-19-9-3-10-20-27)28-21-11-4-12-22-28/h1-12,15-22H,13-14,23-24H2. The van der Waals surface area contributed by atoms with Crippen molar-refractivity contribution in [2.45, 2.75) is 12.8 Å². The van der Waals surface area contributed by atoms with E-state index in [0.717, 1.165) is 25.2 Å². The highest BCUT2D eigenvalue weighted by Crippen LogP contribution is 2.47. The van der Waals surface area contributed by atoms with Crippen LogP contribution in [0.15, 0.2) is 121 Å². The minimum Gasteiger partial charge on any atom is -0.0876 e. The molecule has 4 aromatic carbocycles. The van der Waals surface area contributed by atoms with Gasteiger partial charge in [0.1, 0.15) is 0 Å². The molecule has 0 amide bonds. The fourth-order valence-corrected chi connectivity index (χ4v) is 12.0. The summed E-state index contributed by atoms with van der Waals surface area (Å²) < 4.78 is 0. The van der Waals surface area contributed by atoms with Crippen molar-refractivity contribution in [1.82, 2.24) is 0 Å². The summed E-state index contributed by atoms with van der Waals surface area (Å²) in [4.78, 5) is 0. The summed E-state index contributed by atoms with van der Waals surface area (Å²) >= 11 is 12.8. The third kappa shape index (κ3) is 5.22. The summed E-state index contributed by atoms with van der Waals surface area (Å²) in [6.07, 6.45) is 4.27. The van der Waals surface area contributed by atoms with E-state index in [-0.39, 0.29) is 0 Å². The van der Waals surface area contributed by atoms with Crippen LogP contribution >= 0.6 is 12.1 Å². The average molecular weight is 491 g/mol. The molecule has 162 valence electrons. The smallest absolute Gasteiger partial charge is 0.0106 e. The largest absolute Gasteiger partial charge is 0.0876 e. The third-order valence-corrected chi connectivity index (χ3v) is 15.9. The molecular formula is C28H28P2S2. The Morgan fingerprint density at radius 3 is 0.812 bits per heavy atom. The minimum atomic E-state index is -1.84. The van der Waals surface area contributed by atoms with Crippen LogP contribution in [0.3, 0.4) is 0 Å². The van der Waals surface area contributed by atoms with Crippen LogP contribution in [0.5, 0.6) is 0 Å². The molecule has 4 aromatic rings. The van der Waals surface area contributed by atoms with E-state index in [1.54, 1.807) is 0 Å². The molecule has 0 bridgehead atoms. The first-order chi connectivity index (χ1) is 15.6. The number of hydrogen-bond acceptors (Lipinski definition) is 2. The van der Waals surface area contributed by atoms with Gasteiger partial charge in [0.05, 0.1) is 0 Å². The van der Waals surface area contributed by atoms with E-state index < -0.39 is 12.1 Å². The molecule has 4 heteroatoms. The summed E-state index contributed by atoms with van der Waals surface area (Å²) in [5, 5.41) is 5.25. The maximum absolute atomic E-state index is 6.42. The number of benzene rings is 4. The molecule has 0 spiro atoms. The first-order valence-corrected chi connectivity index (χ1v) is 17.0. The summed E-state index contributed by atoms with van der Waals surface area (Å²) in [6, 6.07) is 39.3. The van der Waals surface area contributed by atoms with Crippen LogP contribution in [-0.4, -0.2) is 12.3 Å². The van der Waals surface area contributed by atoms with Crippen molar-refractivity contribution < 1.29 is 0 Å². The van der Waals surface area contributed by atoms with E-state index in [1.165, 1.54) is 21.2 Å². The van der Waals surface area contributed by atoms with Crippen molar-refractivity contribution >= 4 is 56.9 Å². The van der Waals surface area contributed by atoms with Crippen LogP contribution in [0.2, 0.25) is 0 Å². The van der Waals surface area contributed by atoms with E-state index in [4.69, 9.17) is 23.6 Å². The van der Waals surface area contributed by atoms with Gasteiger partial charge in [0.15, 0.2) is 0 Å². The topological polar surface area (TPSA) is 0 Å². The Balaban J connectivity index is 1.55. The van der Waals surface area contributed by atoms with E-state index >= 15 is 0 Å². The van der Waals surface area contributed by atoms with Crippen LogP contribution < -0.4 is 21.2 Å². The Morgan fingerprint density at radius 1 is 0.375 bits per heavy atom. The van der Waals surface area contributed by atoms with E-state index in [9.17, 15) is 0 Å². The molecule has 0 nitrogen and oxygen atoms in total. The second-order valence-electron chi connectivity index (χ2n) is 7.98. The molecule has 0 radical (unpaired) electrons. The predicted octanol–water partition coefficient (Wildman–Crippen LogP) is 6.03. The molecule has 0 fully saturated rings. The van der Waals surface area contributed by atoms with Crippen LogP contribution in [0.4, 0.5) is 0 Å². The van der Waals surface area contributed by atoms with Crippen molar-refractivity contribution in [1.29, 1.82) is 0 Å². The van der Waals surface area contributed by atoms with Crippen molar-refractivity contribution in [2.24, 2.45) is 0 Å². The first-order valence-electron chi connectivity index (χ1n) is 11.0. The fraction of sp³-hybridized carbons (Fsp3) is 0.143. The SMILES string of the molecule is S=P(CCCCP(=S)(c1ccccc1)c1ccccc1)(c1ccccc1)c1ccccc1. The zero-order valence-electron chi connectivity index (χ0n) is 18.1. The van der Waals surface area contributed by atoms with Gasteiger partial charge in [0.2, 0.25) is 0 Å². The van der Waals surface area contributed by atoms with Crippen LogP contribution in [0.25, 0.3) is 0 Å². The highest BCUT2D eigenvalue weighted by molar-refractivity contribution is 8.22. The Labute approximate surface area is 202 Å². The van der Waals surface area contributed by atoms with Gasteiger partial charge in [-0.1, -0.05) is 145 Å². The van der Waals surface area contributed by atoms with Crippen LogP contribution in [-0.2, 0) is 23.6 Å². The van der Waals surface area contributed by atoms with Gasteiger partial charge < -0.3 is 0 Å². The maximum atomic E-state index is 6.42. The van der Waals surface area contributed by atoms with Crippen molar-refractivity contribution in [3.8, 4) is 0 Å². The predicted molar refractivity (Wildman–Crippen MR) is 152 cm³/mol. The summed E-state index contributed by atoms with van der Waals surface area (Å²) in [5.41, 5.74) is 0. The lowest BCUT2D eigenvalue weighted by Gasteiger charge is -2.26. The molecule has 0 N–H and O–H groups in total. The van der Waals surface area contributed by atoms with Gasteiger partial charge in [-0.25, -0.2) is 0 Å². The number of hydrogen-bond donors (Lipinski definition) is 0. The van der Waals surface area contributed by atoms with E-state index in [0.29, 0.717) is 0 Å². The second-order valence-corrected chi connectivity index (χ2v) is 17.6. The van der Waals surface area contributed by atoms with Gasteiger partial charge >= 0.3 is 0 Å². The summed E-state index contributed by atoms with van der Waals surface area (Å²) in [6.45, 7) is 0. The molecule has 0 aliphatic heterocycles. The van der Waals surface area contributed by atoms with Gasteiger partial charge in [-0.15, -0.1) is 0 Å². The highest BCUT2D eigenvalue weighted by atomic mass is 32.4. The summed E-state index contributed by atoms with van der Waals surface area (Å²) in [7, 11) is 0. The average Bonchev–Trinajstić information content (AvgIpc) is 2.88. The van der Waals surface area contributed by atoms with Gasteiger partial charge in [0.25, 0.3) is 0 Å². The zero-order chi connectivity index (χ0) is 22.3. The maximum Gasteiger partial charge on any atom is 0.0106 e. The molecule has 0 aliphatic carbocycles. The molecule has 0 aliphatic rings. The molecule has 0 heterocycles. The van der Waals surface area contributed by atoms with Crippen LogP contribution in [0.1, 0.15) is 12.8 Å². The van der Waals surface area contributed by atoms with E-state index in [2.05, 4.69) is 121 Å². The Bertz CT molecular complexity index is 1020. The van der Waals surface area contributed by atoms with Gasteiger partial charge in [-0.05, 0) is 46.4 Å². The van der Waals surface area contributed by atoms with Crippen molar-refractivity contribution in [2.75, 3.05) is 12.3 Å². The molecule has 0 saturated heterocycles. The minimum absolute atomic E-state index is 1.04. The molecule has 4 rings (SSSR count). The third-order valence-electron chi connectivity index (χ3n) is 5.89. The quantitative estimate of drug-likeness (QED) is 0.208. The first kappa shape index (κ1) is 23.3. The van der Waals surface area contributed by atoms with Gasteiger partial charge in [-0.2, -0.15) is 0 Å². The Hall–Kier alpha value is -1.82. The number of unbranched alkanes of at least 4 members (excludes halogenated alkanes) is 1. The Kier molecular flexibility index (Phi) is 7.93.